The van der Waals surface area contributed by atoms with E-state index in [4.69, 9.17) is 5.11 Å². The summed E-state index contributed by atoms with van der Waals surface area (Å²) < 4.78 is 0. The second-order valence-corrected chi connectivity index (χ2v) is 7.73. The second-order valence-electron chi connectivity index (χ2n) is 7.73. The molecule has 7 heteroatoms. The van der Waals surface area contributed by atoms with Gasteiger partial charge in [0.15, 0.2) is 0 Å². The molecule has 1 aliphatic heterocycles. The summed E-state index contributed by atoms with van der Waals surface area (Å²) in [6.45, 7) is 4.62. The highest BCUT2D eigenvalue weighted by molar-refractivity contribution is 5.85. The molecular weight excluding hydrogens is 342 g/mol. The van der Waals surface area contributed by atoms with Gasteiger partial charge in [-0.05, 0) is 51.5 Å². The van der Waals surface area contributed by atoms with Gasteiger partial charge in [0, 0.05) is 32.2 Å². The van der Waals surface area contributed by atoms with Gasteiger partial charge in [0.1, 0.15) is 0 Å². The van der Waals surface area contributed by atoms with E-state index < -0.39 is 5.97 Å². The highest BCUT2D eigenvalue weighted by Gasteiger charge is 2.28. The Hall–Kier alpha value is -0.850. The Morgan fingerprint density at radius 3 is 2.08 bits per heavy atom. The van der Waals surface area contributed by atoms with Gasteiger partial charge in [0.2, 0.25) is 5.91 Å². The number of carboxylic acid groups (broad SMARTS) is 1. The van der Waals surface area contributed by atoms with Crippen LogP contribution in [0.3, 0.4) is 0 Å². The molecule has 1 N–H and O–H groups in total. The Labute approximate surface area is 157 Å². The fraction of sp³-hybridized carbons (Fsp3) is 0.889. The molecule has 1 aliphatic carbocycles. The minimum Gasteiger partial charge on any atom is -0.480 e. The van der Waals surface area contributed by atoms with E-state index in [0.717, 1.165) is 44.7 Å². The molecule has 0 atom stereocenters. The zero-order valence-corrected chi connectivity index (χ0v) is 16.6. The standard InChI is InChI=1S/C18H33N3O3.ClH/c1-14-4-6-16(7-5-14)20(3)17(22)12-21-10-8-15(9-11-21)19(2)13-18(23)24;/h14-16H,4-13H2,1-3H3,(H,23,24);1H. The Kier molecular flexibility index (Phi) is 9.17. The summed E-state index contributed by atoms with van der Waals surface area (Å²) in [5, 5.41) is 8.88. The lowest BCUT2D eigenvalue weighted by molar-refractivity contribution is -0.138. The number of carbonyl (C=O) groups excluding carboxylic acids is 1. The number of likely N-dealkylation sites (N-methyl/N-ethyl adjacent to an activating group) is 2. The molecule has 0 radical (unpaired) electrons. The van der Waals surface area contributed by atoms with Gasteiger partial charge in [0.05, 0.1) is 13.1 Å². The molecule has 0 spiro atoms. The number of rotatable bonds is 6. The molecular formula is C18H34ClN3O3. The average molecular weight is 376 g/mol. The maximum absolute atomic E-state index is 12.5. The number of hydrogen-bond donors (Lipinski definition) is 1. The van der Waals surface area contributed by atoms with E-state index in [-0.39, 0.29) is 24.9 Å². The fourth-order valence-electron chi connectivity index (χ4n) is 4.00. The lowest BCUT2D eigenvalue weighted by Crippen LogP contribution is -2.49. The molecule has 2 rings (SSSR count). The topological polar surface area (TPSA) is 64.1 Å². The van der Waals surface area contributed by atoms with E-state index in [1.165, 1.54) is 12.8 Å². The van der Waals surface area contributed by atoms with Crippen LogP contribution in [0.25, 0.3) is 0 Å². The van der Waals surface area contributed by atoms with Crippen molar-refractivity contribution < 1.29 is 14.7 Å². The van der Waals surface area contributed by atoms with Crippen LogP contribution in [-0.4, -0.2) is 84.0 Å². The summed E-state index contributed by atoms with van der Waals surface area (Å²) in [5.74, 6) is 0.247. The van der Waals surface area contributed by atoms with Crippen molar-refractivity contribution in [2.45, 2.75) is 57.5 Å². The number of carboxylic acids is 1. The normalized spacial score (nSPS) is 25.4. The van der Waals surface area contributed by atoms with E-state index >= 15 is 0 Å². The van der Waals surface area contributed by atoms with Crippen LogP contribution in [0.5, 0.6) is 0 Å². The van der Waals surface area contributed by atoms with E-state index in [2.05, 4.69) is 11.8 Å². The summed E-state index contributed by atoms with van der Waals surface area (Å²) >= 11 is 0. The van der Waals surface area contributed by atoms with E-state index in [9.17, 15) is 9.59 Å². The van der Waals surface area contributed by atoms with Crippen LogP contribution in [0.4, 0.5) is 0 Å². The fourth-order valence-corrected chi connectivity index (χ4v) is 4.00. The number of carbonyl (C=O) groups is 2. The van der Waals surface area contributed by atoms with Gasteiger partial charge >= 0.3 is 5.97 Å². The van der Waals surface area contributed by atoms with Crippen molar-refractivity contribution in [1.29, 1.82) is 0 Å². The minimum absolute atomic E-state index is 0. The molecule has 1 heterocycles. The Balaban J connectivity index is 0.00000312. The summed E-state index contributed by atoms with van der Waals surface area (Å²) in [5.41, 5.74) is 0. The first kappa shape index (κ1) is 22.2. The van der Waals surface area contributed by atoms with Crippen molar-refractivity contribution in [3.05, 3.63) is 0 Å². The highest BCUT2D eigenvalue weighted by atomic mass is 35.5. The summed E-state index contributed by atoms with van der Waals surface area (Å²) in [6, 6.07) is 0.720. The van der Waals surface area contributed by atoms with Gasteiger partial charge in [-0.15, -0.1) is 12.4 Å². The molecule has 0 aromatic heterocycles. The molecule has 0 bridgehead atoms. The van der Waals surface area contributed by atoms with Crippen LogP contribution >= 0.6 is 12.4 Å². The number of amides is 1. The molecule has 1 saturated heterocycles. The largest absolute Gasteiger partial charge is 0.480 e. The SMILES string of the molecule is CC1CCC(N(C)C(=O)CN2CCC(N(C)CC(=O)O)CC2)CC1.Cl. The maximum atomic E-state index is 12.5. The third-order valence-corrected chi connectivity index (χ3v) is 5.85. The zero-order chi connectivity index (χ0) is 17.7. The van der Waals surface area contributed by atoms with Crippen molar-refractivity contribution in [2.75, 3.05) is 40.3 Å². The van der Waals surface area contributed by atoms with Gasteiger partial charge in [-0.3, -0.25) is 19.4 Å². The predicted octanol–water partition coefficient (Wildman–Crippen LogP) is 1.93. The first-order valence-corrected chi connectivity index (χ1v) is 9.27. The van der Waals surface area contributed by atoms with Crippen LogP contribution in [-0.2, 0) is 9.59 Å². The number of hydrogen-bond acceptors (Lipinski definition) is 4. The van der Waals surface area contributed by atoms with Crippen LogP contribution < -0.4 is 0 Å². The third kappa shape index (κ3) is 6.76. The Morgan fingerprint density at radius 1 is 1.00 bits per heavy atom. The molecule has 1 amide bonds. The molecule has 25 heavy (non-hydrogen) atoms. The van der Waals surface area contributed by atoms with Gasteiger partial charge in [0.25, 0.3) is 0 Å². The predicted molar refractivity (Wildman–Crippen MR) is 101 cm³/mol. The van der Waals surface area contributed by atoms with Crippen molar-refractivity contribution in [3.63, 3.8) is 0 Å². The molecule has 2 aliphatic rings. The van der Waals surface area contributed by atoms with Crippen molar-refractivity contribution >= 4 is 24.3 Å². The second kappa shape index (κ2) is 10.3. The lowest BCUT2D eigenvalue weighted by atomic mass is 9.87. The van der Waals surface area contributed by atoms with Crippen molar-refractivity contribution in [1.82, 2.24) is 14.7 Å². The van der Waals surface area contributed by atoms with Crippen LogP contribution in [0.1, 0.15) is 45.4 Å². The highest BCUT2D eigenvalue weighted by Crippen LogP contribution is 2.26. The van der Waals surface area contributed by atoms with E-state index in [1.54, 1.807) is 0 Å². The molecule has 146 valence electrons. The first-order chi connectivity index (χ1) is 11.4. The number of nitrogens with zero attached hydrogens (tertiary/aromatic N) is 3. The molecule has 2 fully saturated rings. The molecule has 0 unspecified atom stereocenters. The maximum Gasteiger partial charge on any atom is 0.317 e. The van der Waals surface area contributed by atoms with Gasteiger partial charge in [-0.1, -0.05) is 6.92 Å². The number of aliphatic carboxylic acids is 1. The molecule has 0 aromatic rings. The van der Waals surface area contributed by atoms with Crippen LogP contribution in [0.15, 0.2) is 0 Å². The van der Waals surface area contributed by atoms with E-state index in [0.29, 0.717) is 18.6 Å². The summed E-state index contributed by atoms with van der Waals surface area (Å²) in [4.78, 5) is 29.5. The number of piperidine rings is 1. The first-order valence-electron chi connectivity index (χ1n) is 9.27. The number of likely N-dealkylation sites (tertiary alicyclic amines) is 1. The van der Waals surface area contributed by atoms with Gasteiger partial charge < -0.3 is 10.0 Å². The lowest BCUT2D eigenvalue weighted by Gasteiger charge is -2.38. The monoisotopic (exact) mass is 375 g/mol. The minimum atomic E-state index is -0.779. The van der Waals surface area contributed by atoms with Crippen molar-refractivity contribution in [3.8, 4) is 0 Å². The third-order valence-electron chi connectivity index (χ3n) is 5.85. The summed E-state index contributed by atoms with van der Waals surface area (Å²) in [6.07, 6.45) is 6.58. The summed E-state index contributed by atoms with van der Waals surface area (Å²) in [7, 11) is 3.83. The Morgan fingerprint density at radius 2 is 1.56 bits per heavy atom. The number of halogens is 1. The van der Waals surface area contributed by atoms with Crippen LogP contribution in [0, 0.1) is 5.92 Å². The molecule has 1 saturated carbocycles. The Bertz CT molecular complexity index is 433. The van der Waals surface area contributed by atoms with Gasteiger partial charge in [-0.25, -0.2) is 0 Å². The van der Waals surface area contributed by atoms with Crippen LogP contribution in [0.2, 0.25) is 0 Å². The van der Waals surface area contributed by atoms with E-state index in [1.807, 2.05) is 23.9 Å². The quantitative estimate of drug-likeness (QED) is 0.768. The zero-order valence-electron chi connectivity index (χ0n) is 15.8. The smallest absolute Gasteiger partial charge is 0.317 e. The molecule has 6 nitrogen and oxygen atoms in total. The molecule has 0 aromatic carbocycles. The van der Waals surface area contributed by atoms with Gasteiger partial charge in [-0.2, -0.15) is 0 Å². The average Bonchev–Trinajstić information content (AvgIpc) is 2.55. The van der Waals surface area contributed by atoms with Crippen molar-refractivity contribution in [2.24, 2.45) is 5.92 Å².